The van der Waals surface area contributed by atoms with Crippen molar-refractivity contribution in [3.8, 4) is 0 Å². The molecule has 1 aliphatic heterocycles. The molecule has 0 radical (unpaired) electrons. The summed E-state index contributed by atoms with van der Waals surface area (Å²) >= 11 is 1.81. The van der Waals surface area contributed by atoms with Crippen molar-refractivity contribution in [3.05, 3.63) is 35.9 Å². The molecule has 1 aromatic rings. The van der Waals surface area contributed by atoms with Crippen LogP contribution in [0.3, 0.4) is 0 Å². The highest BCUT2D eigenvalue weighted by molar-refractivity contribution is 7.99. The number of nitrogens with two attached hydrogens (primary N) is 1. The van der Waals surface area contributed by atoms with Crippen molar-refractivity contribution in [2.24, 2.45) is 11.7 Å². The summed E-state index contributed by atoms with van der Waals surface area (Å²) in [4.78, 5) is 23.2. The van der Waals surface area contributed by atoms with E-state index in [-0.39, 0.29) is 11.9 Å². The highest BCUT2D eigenvalue weighted by Crippen LogP contribution is 2.35. The summed E-state index contributed by atoms with van der Waals surface area (Å²) < 4.78 is 31.7. The molecule has 9 heteroatoms. The van der Waals surface area contributed by atoms with Gasteiger partial charge in [-0.05, 0) is 24.3 Å². The van der Waals surface area contributed by atoms with Gasteiger partial charge in [0.05, 0.1) is 6.04 Å². The number of alkyl halides is 3. The molecular formula is C17H21F3N2O3S. The average Bonchev–Trinajstić information content (AvgIpc) is 3.41. The van der Waals surface area contributed by atoms with Gasteiger partial charge in [-0.3, -0.25) is 4.79 Å². The van der Waals surface area contributed by atoms with Crippen LogP contribution in [0.1, 0.15) is 23.7 Å². The second kappa shape index (κ2) is 8.77. The van der Waals surface area contributed by atoms with Crippen LogP contribution in [0, 0.1) is 5.92 Å². The highest BCUT2D eigenvalue weighted by Gasteiger charge is 2.38. The molecule has 0 aromatic heterocycles. The van der Waals surface area contributed by atoms with Crippen LogP contribution < -0.4 is 5.73 Å². The number of carbonyl (C=O) groups is 2. The summed E-state index contributed by atoms with van der Waals surface area (Å²) in [6.45, 7) is 1.70. The minimum Gasteiger partial charge on any atom is -0.475 e. The number of aliphatic carboxylic acids is 1. The third-order valence-corrected chi connectivity index (χ3v) is 5.46. The van der Waals surface area contributed by atoms with Crippen molar-refractivity contribution in [1.82, 2.24) is 4.90 Å². The van der Waals surface area contributed by atoms with Crippen molar-refractivity contribution < 1.29 is 27.9 Å². The molecule has 1 heterocycles. The monoisotopic (exact) mass is 390 g/mol. The van der Waals surface area contributed by atoms with E-state index in [0.29, 0.717) is 5.25 Å². The maximum atomic E-state index is 12.3. The summed E-state index contributed by atoms with van der Waals surface area (Å²) in [7, 11) is 0. The van der Waals surface area contributed by atoms with E-state index >= 15 is 0 Å². The average molecular weight is 390 g/mol. The first-order valence-corrected chi connectivity index (χ1v) is 9.24. The summed E-state index contributed by atoms with van der Waals surface area (Å²) in [5.74, 6) is -1.18. The van der Waals surface area contributed by atoms with E-state index < -0.39 is 12.1 Å². The third-order valence-electron chi connectivity index (χ3n) is 4.08. The fraction of sp³-hybridized carbons (Fsp3) is 0.529. The number of carbonyl (C=O) groups excluding carboxylic acids is 1. The Morgan fingerprint density at radius 2 is 1.85 bits per heavy atom. The zero-order valence-corrected chi connectivity index (χ0v) is 14.8. The van der Waals surface area contributed by atoms with Gasteiger partial charge in [0, 0.05) is 24.1 Å². The van der Waals surface area contributed by atoms with Crippen LogP contribution in [0.2, 0.25) is 0 Å². The second-order valence-electron chi connectivity index (χ2n) is 6.33. The van der Waals surface area contributed by atoms with Crippen LogP contribution in [0.25, 0.3) is 0 Å². The summed E-state index contributed by atoms with van der Waals surface area (Å²) in [5, 5.41) is 7.48. The van der Waals surface area contributed by atoms with Gasteiger partial charge in [0.15, 0.2) is 0 Å². The summed E-state index contributed by atoms with van der Waals surface area (Å²) in [6, 6.07) is 10.1. The predicted octanol–water partition coefficient (Wildman–Crippen LogP) is 2.67. The fourth-order valence-corrected chi connectivity index (χ4v) is 3.73. The lowest BCUT2D eigenvalue weighted by molar-refractivity contribution is -0.192. The number of rotatable bonds is 3. The van der Waals surface area contributed by atoms with E-state index in [4.69, 9.17) is 15.6 Å². The first kappa shape index (κ1) is 20.6. The first-order chi connectivity index (χ1) is 12.2. The number of carboxylic acids is 1. The predicted molar refractivity (Wildman–Crippen MR) is 92.6 cm³/mol. The third kappa shape index (κ3) is 6.21. The van der Waals surface area contributed by atoms with Crippen LogP contribution in [0.4, 0.5) is 13.2 Å². The number of benzene rings is 1. The number of amides is 1. The maximum absolute atomic E-state index is 12.3. The summed E-state index contributed by atoms with van der Waals surface area (Å²) in [6.07, 6.45) is -2.55. The number of halogens is 3. The fourth-order valence-electron chi connectivity index (χ4n) is 2.51. The van der Waals surface area contributed by atoms with Gasteiger partial charge in [0.25, 0.3) is 0 Å². The standard InChI is InChI=1S/C15H20N2OS.C2HF3O2/c16-13-10-19-14(12-4-2-1-3-5-12)9-17(15(13)18)8-11-6-7-11;3-2(4,5)1(6)7/h1-5,11,13-14H,6-10,16H2;(H,6,7)/t13-,14-;/m1./s1. The first-order valence-electron chi connectivity index (χ1n) is 8.19. The van der Waals surface area contributed by atoms with Gasteiger partial charge < -0.3 is 15.7 Å². The van der Waals surface area contributed by atoms with Crippen LogP contribution in [-0.2, 0) is 9.59 Å². The van der Waals surface area contributed by atoms with E-state index in [2.05, 4.69) is 24.3 Å². The van der Waals surface area contributed by atoms with Gasteiger partial charge in [-0.15, -0.1) is 11.8 Å². The molecule has 0 spiro atoms. The van der Waals surface area contributed by atoms with Crippen molar-refractivity contribution in [3.63, 3.8) is 0 Å². The topological polar surface area (TPSA) is 83.6 Å². The molecule has 3 rings (SSSR count). The van der Waals surface area contributed by atoms with Crippen LogP contribution in [0.15, 0.2) is 30.3 Å². The van der Waals surface area contributed by atoms with Crippen molar-refractivity contribution >= 4 is 23.6 Å². The van der Waals surface area contributed by atoms with Gasteiger partial charge in [0.1, 0.15) is 0 Å². The normalized spacial score (nSPS) is 23.7. The zero-order valence-electron chi connectivity index (χ0n) is 14.0. The summed E-state index contributed by atoms with van der Waals surface area (Å²) in [5.41, 5.74) is 7.29. The molecule has 1 saturated heterocycles. The lowest BCUT2D eigenvalue weighted by Gasteiger charge is -2.25. The Kier molecular flexibility index (Phi) is 6.94. The number of thioether (sulfide) groups is 1. The largest absolute Gasteiger partial charge is 0.490 e. The Hall–Kier alpha value is -1.74. The van der Waals surface area contributed by atoms with E-state index in [9.17, 15) is 18.0 Å². The van der Waals surface area contributed by atoms with E-state index in [1.54, 1.807) is 0 Å². The van der Waals surface area contributed by atoms with Gasteiger partial charge in [0.2, 0.25) is 5.91 Å². The minimum absolute atomic E-state index is 0.137. The number of carboxylic acid groups (broad SMARTS) is 1. The van der Waals surface area contributed by atoms with Gasteiger partial charge >= 0.3 is 12.1 Å². The molecule has 2 atom stereocenters. The van der Waals surface area contributed by atoms with Crippen LogP contribution in [-0.4, -0.2) is 52.9 Å². The number of hydrogen-bond acceptors (Lipinski definition) is 4. The molecule has 1 aliphatic carbocycles. The maximum Gasteiger partial charge on any atom is 0.490 e. The molecule has 3 N–H and O–H groups in total. The SMILES string of the molecule is N[C@@H]1CS[C@@H](c2ccccc2)CN(CC2CC2)C1=O.O=C(O)C(F)(F)F. The highest BCUT2D eigenvalue weighted by atomic mass is 32.2. The van der Waals surface area contributed by atoms with Gasteiger partial charge in [-0.1, -0.05) is 30.3 Å². The van der Waals surface area contributed by atoms with Crippen molar-refractivity contribution in [1.29, 1.82) is 0 Å². The number of nitrogens with zero attached hydrogens (tertiary/aromatic N) is 1. The van der Waals surface area contributed by atoms with Crippen LogP contribution in [0.5, 0.6) is 0 Å². The second-order valence-corrected chi connectivity index (χ2v) is 7.56. The number of hydrogen-bond donors (Lipinski definition) is 2. The Labute approximate surface area is 153 Å². The Morgan fingerprint density at radius 3 is 2.35 bits per heavy atom. The lowest BCUT2D eigenvalue weighted by Crippen LogP contribution is -2.44. The van der Waals surface area contributed by atoms with Gasteiger partial charge in [-0.25, -0.2) is 4.79 Å². The molecule has 1 aromatic carbocycles. The molecule has 0 bridgehead atoms. The smallest absolute Gasteiger partial charge is 0.475 e. The molecule has 0 unspecified atom stereocenters. The minimum atomic E-state index is -5.08. The molecule has 26 heavy (non-hydrogen) atoms. The quantitative estimate of drug-likeness (QED) is 0.829. The molecular weight excluding hydrogens is 369 g/mol. The van der Waals surface area contributed by atoms with Crippen molar-refractivity contribution in [2.75, 3.05) is 18.8 Å². The Balaban J connectivity index is 0.000000298. The van der Waals surface area contributed by atoms with E-state index in [1.165, 1.54) is 18.4 Å². The molecule has 1 saturated carbocycles. The van der Waals surface area contributed by atoms with Gasteiger partial charge in [-0.2, -0.15) is 13.2 Å². The zero-order chi connectivity index (χ0) is 19.3. The molecule has 144 valence electrons. The van der Waals surface area contributed by atoms with E-state index in [1.807, 2.05) is 22.7 Å². The van der Waals surface area contributed by atoms with Crippen LogP contribution >= 0.6 is 11.8 Å². The Morgan fingerprint density at radius 1 is 1.27 bits per heavy atom. The molecule has 2 fully saturated rings. The Bertz CT molecular complexity index is 623. The lowest BCUT2D eigenvalue weighted by atomic mass is 10.1. The van der Waals surface area contributed by atoms with Crippen molar-refractivity contribution in [2.45, 2.75) is 30.3 Å². The molecule has 5 nitrogen and oxygen atoms in total. The molecule has 1 amide bonds. The molecule has 2 aliphatic rings. The van der Waals surface area contributed by atoms with E-state index in [0.717, 1.165) is 24.8 Å².